The molecule has 7 nitrogen and oxygen atoms in total. The molecule has 7 heteroatoms. The first kappa shape index (κ1) is 16.2. The number of carboxylic acid groups (broad SMARTS) is 1. The number of H-pyrrole nitrogens is 1. The van der Waals surface area contributed by atoms with Crippen molar-refractivity contribution in [1.29, 1.82) is 0 Å². The highest BCUT2D eigenvalue weighted by atomic mass is 16.5. The molecule has 1 fully saturated rings. The molecule has 2 N–H and O–H groups in total. The van der Waals surface area contributed by atoms with E-state index in [4.69, 9.17) is 9.47 Å². The highest BCUT2D eigenvalue weighted by Crippen LogP contribution is 2.33. The van der Waals surface area contributed by atoms with Crippen molar-refractivity contribution in [2.75, 3.05) is 32.2 Å². The SMILES string of the molecule is COc1ccc(-c2cc(N3CCCC(C(=O)O)C3)n[nH]2)cc1OC. The Labute approximate surface area is 140 Å². The number of hydrogen-bond acceptors (Lipinski definition) is 5. The number of carboxylic acids is 1. The molecule has 128 valence electrons. The lowest BCUT2D eigenvalue weighted by molar-refractivity contribution is -0.141. The van der Waals surface area contributed by atoms with Crippen LogP contribution in [0.1, 0.15) is 12.8 Å². The third kappa shape index (κ3) is 3.15. The zero-order valence-corrected chi connectivity index (χ0v) is 13.8. The van der Waals surface area contributed by atoms with Crippen LogP contribution in [0.15, 0.2) is 24.3 Å². The largest absolute Gasteiger partial charge is 0.493 e. The van der Waals surface area contributed by atoms with Crippen molar-refractivity contribution in [3.8, 4) is 22.8 Å². The first-order valence-corrected chi connectivity index (χ1v) is 7.88. The van der Waals surface area contributed by atoms with Crippen LogP contribution in [0.25, 0.3) is 11.3 Å². The zero-order valence-electron chi connectivity index (χ0n) is 13.8. The molecule has 2 aromatic rings. The van der Waals surface area contributed by atoms with Gasteiger partial charge in [0.05, 0.1) is 25.8 Å². The number of ether oxygens (including phenoxy) is 2. The lowest BCUT2D eigenvalue weighted by Gasteiger charge is -2.30. The van der Waals surface area contributed by atoms with Crippen molar-refractivity contribution in [3.05, 3.63) is 24.3 Å². The topological polar surface area (TPSA) is 87.7 Å². The van der Waals surface area contributed by atoms with Crippen LogP contribution in [0.2, 0.25) is 0 Å². The molecule has 0 saturated carbocycles. The lowest BCUT2D eigenvalue weighted by atomic mass is 9.98. The van der Waals surface area contributed by atoms with E-state index in [1.54, 1.807) is 14.2 Å². The summed E-state index contributed by atoms with van der Waals surface area (Å²) >= 11 is 0. The van der Waals surface area contributed by atoms with Gasteiger partial charge in [-0.2, -0.15) is 5.10 Å². The van der Waals surface area contributed by atoms with Crippen LogP contribution >= 0.6 is 0 Å². The third-order valence-corrected chi connectivity index (χ3v) is 4.35. The van der Waals surface area contributed by atoms with E-state index in [0.717, 1.165) is 36.5 Å². The molecule has 1 unspecified atom stereocenters. The van der Waals surface area contributed by atoms with Crippen LogP contribution < -0.4 is 14.4 Å². The predicted octanol–water partition coefficient (Wildman–Crippen LogP) is 2.39. The van der Waals surface area contributed by atoms with Gasteiger partial charge in [-0.05, 0) is 31.0 Å². The van der Waals surface area contributed by atoms with Crippen molar-refractivity contribution < 1.29 is 19.4 Å². The summed E-state index contributed by atoms with van der Waals surface area (Å²) in [5.41, 5.74) is 1.78. The molecule has 1 saturated heterocycles. The van der Waals surface area contributed by atoms with E-state index >= 15 is 0 Å². The Hall–Kier alpha value is -2.70. The average Bonchev–Trinajstić information content (AvgIpc) is 3.11. The van der Waals surface area contributed by atoms with Crippen molar-refractivity contribution in [2.24, 2.45) is 5.92 Å². The van der Waals surface area contributed by atoms with Crippen molar-refractivity contribution in [2.45, 2.75) is 12.8 Å². The molecule has 2 heterocycles. The summed E-state index contributed by atoms with van der Waals surface area (Å²) in [7, 11) is 3.20. The Bertz CT molecular complexity index is 728. The van der Waals surface area contributed by atoms with Crippen molar-refractivity contribution >= 4 is 11.8 Å². The molecule has 0 amide bonds. The van der Waals surface area contributed by atoms with Gasteiger partial charge in [-0.25, -0.2) is 0 Å². The maximum Gasteiger partial charge on any atom is 0.308 e. The Morgan fingerprint density at radius 1 is 1.29 bits per heavy atom. The van der Waals surface area contributed by atoms with E-state index in [-0.39, 0.29) is 5.92 Å². The third-order valence-electron chi connectivity index (χ3n) is 4.35. The van der Waals surface area contributed by atoms with Gasteiger partial charge in [0.15, 0.2) is 17.3 Å². The van der Waals surface area contributed by atoms with E-state index in [1.165, 1.54) is 0 Å². The second-order valence-corrected chi connectivity index (χ2v) is 5.83. The number of benzene rings is 1. The number of carbonyl (C=O) groups is 1. The van der Waals surface area contributed by atoms with Gasteiger partial charge in [-0.3, -0.25) is 9.89 Å². The highest BCUT2D eigenvalue weighted by molar-refractivity contribution is 5.72. The molecule has 1 aromatic carbocycles. The number of hydrogen-bond donors (Lipinski definition) is 2. The van der Waals surface area contributed by atoms with Crippen molar-refractivity contribution in [1.82, 2.24) is 10.2 Å². The maximum absolute atomic E-state index is 11.2. The summed E-state index contributed by atoms with van der Waals surface area (Å²) in [5, 5.41) is 16.6. The first-order valence-electron chi connectivity index (χ1n) is 7.88. The highest BCUT2D eigenvalue weighted by Gasteiger charge is 2.26. The van der Waals surface area contributed by atoms with Gasteiger partial charge in [0.25, 0.3) is 0 Å². The van der Waals surface area contributed by atoms with Crippen LogP contribution in [-0.2, 0) is 4.79 Å². The molecule has 1 atom stereocenters. The fourth-order valence-corrected chi connectivity index (χ4v) is 3.01. The fourth-order valence-electron chi connectivity index (χ4n) is 3.01. The molecule has 1 aromatic heterocycles. The minimum atomic E-state index is -0.740. The molecular formula is C17H21N3O4. The van der Waals surface area contributed by atoms with E-state index < -0.39 is 5.97 Å². The predicted molar refractivity (Wildman–Crippen MR) is 89.7 cm³/mol. The number of anilines is 1. The minimum Gasteiger partial charge on any atom is -0.493 e. The second kappa shape index (κ2) is 6.82. The van der Waals surface area contributed by atoms with Crippen LogP contribution in [0.5, 0.6) is 11.5 Å². The molecule has 1 aliphatic rings. The summed E-state index contributed by atoms with van der Waals surface area (Å²) in [4.78, 5) is 13.2. The number of aromatic amines is 1. The Kier molecular flexibility index (Phi) is 4.59. The van der Waals surface area contributed by atoms with Gasteiger partial charge >= 0.3 is 5.97 Å². The van der Waals surface area contributed by atoms with Gasteiger partial charge < -0.3 is 19.5 Å². The Morgan fingerprint density at radius 2 is 2.08 bits per heavy atom. The van der Waals surface area contributed by atoms with Crippen molar-refractivity contribution in [3.63, 3.8) is 0 Å². The van der Waals surface area contributed by atoms with E-state index in [9.17, 15) is 9.90 Å². The molecule has 0 bridgehead atoms. The summed E-state index contributed by atoms with van der Waals surface area (Å²) in [6, 6.07) is 7.59. The van der Waals surface area contributed by atoms with Gasteiger partial charge in [0.2, 0.25) is 0 Å². The number of nitrogens with one attached hydrogen (secondary N) is 1. The van der Waals surface area contributed by atoms with Gasteiger partial charge in [-0.1, -0.05) is 0 Å². The molecule has 0 radical (unpaired) electrons. The normalized spacial score (nSPS) is 17.6. The smallest absolute Gasteiger partial charge is 0.308 e. The Balaban J connectivity index is 1.81. The van der Waals surface area contributed by atoms with Gasteiger partial charge in [0.1, 0.15) is 0 Å². The second-order valence-electron chi connectivity index (χ2n) is 5.83. The number of aromatic nitrogens is 2. The quantitative estimate of drug-likeness (QED) is 0.875. The van der Waals surface area contributed by atoms with E-state index in [0.29, 0.717) is 18.0 Å². The Morgan fingerprint density at radius 3 is 2.79 bits per heavy atom. The van der Waals surface area contributed by atoms with E-state index in [2.05, 4.69) is 10.2 Å². The molecule has 3 rings (SSSR count). The summed E-state index contributed by atoms with van der Waals surface area (Å²) in [5.74, 6) is 1.01. The van der Waals surface area contributed by atoms with E-state index in [1.807, 2.05) is 29.2 Å². The van der Waals surface area contributed by atoms with Crippen LogP contribution in [0, 0.1) is 5.92 Å². The summed E-state index contributed by atoms with van der Waals surface area (Å²) < 4.78 is 10.6. The molecule has 24 heavy (non-hydrogen) atoms. The monoisotopic (exact) mass is 331 g/mol. The van der Waals surface area contributed by atoms with Gasteiger partial charge in [-0.15, -0.1) is 0 Å². The average molecular weight is 331 g/mol. The van der Waals surface area contributed by atoms with Crippen LogP contribution in [0.4, 0.5) is 5.82 Å². The number of methoxy groups -OCH3 is 2. The number of aliphatic carboxylic acids is 1. The summed E-state index contributed by atoms with van der Waals surface area (Å²) in [6.45, 7) is 1.31. The number of piperidine rings is 1. The summed E-state index contributed by atoms with van der Waals surface area (Å²) in [6.07, 6.45) is 1.58. The molecule has 0 aliphatic carbocycles. The number of nitrogens with zero attached hydrogens (tertiary/aromatic N) is 2. The first-order chi connectivity index (χ1) is 11.6. The maximum atomic E-state index is 11.2. The van der Waals surface area contributed by atoms with Crippen LogP contribution in [-0.4, -0.2) is 48.6 Å². The standard InChI is InChI=1S/C17H21N3O4/c1-23-14-6-5-11(8-15(14)24-2)13-9-16(19-18-13)20-7-3-4-12(10-20)17(21)22/h5-6,8-9,12H,3-4,7,10H2,1-2H3,(H,18,19)(H,21,22). The lowest BCUT2D eigenvalue weighted by Crippen LogP contribution is -2.38. The zero-order chi connectivity index (χ0) is 17.1. The molecule has 1 aliphatic heterocycles. The minimum absolute atomic E-state index is 0.333. The molecular weight excluding hydrogens is 310 g/mol. The number of rotatable bonds is 5. The van der Waals surface area contributed by atoms with Gasteiger partial charge in [0, 0.05) is 24.7 Å². The van der Waals surface area contributed by atoms with Crippen LogP contribution in [0.3, 0.4) is 0 Å². The fraction of sp³-hybridized carbons (Fsp3) is 0.412. The molecule has 0 spiro atoms.